The lowest BCUT2D eigenvalue weighted by Gasteiger charge is -2.07. The van der Waals surface area contributed by atoms with E-state index in [9.17, 15) is 4.79 Å². The zero-order valence-electron chi connectivity index (χ0n) is 12.7. The Morgan fingerprint density at radius 3 is 2.78 bits per heavy atom. The topological polar surface area (TPSA) is 47.6 Å². The second-order valence-electron chi connectivity index (χ2n) is 5.38. The Labute approximate surface area is 140 Å². The molecule has 4 nitrogen and oxygen atoms in total. The molecule has 5 heteroatoms. The molecule has 0 aromatic heterocycles. The Morgan fingerprint density at radius 1 is 1.09 bits per heavy atom. The number of benzene rings is 2. The molecule has 23 heavy (non-hydrogen) atoms. The molecule has 0 atom stereocenters. The molecule has 1 heterocycles. The minimum atomic E-state index is 0.0330. The van der Waals surface area contributed by atoms with Gasteiger partial charge in [0.05, 0.1) is 0 Å². The number of ether oxygens (including phenoxy) is 2. The van der Waals surface area contributed by atoms with Gasteiger partial charge in [0.1, 0.15) is 0 Å². The van der Waals surface area contributed by atoms with E-state index >= 15 is 0 Å². The molecule has 0 bridgehead atoms. The van der Waals surface area contributed by atoms with Crippen LogP contribution in [0.2, 0.25) is 5.02 Å². The fraction of sp³-hybridized carbons (Fsp3) is 0.278. The maximum Gasteiger partial charge on any atom is 0.231 e. The molecule has 120 valence electrons. The van der Waals surface area contributed by atoms with Gasteiger partial charge in [-0.15, -0.1) is 0 Å². The number of hydrogen-bond acceptors (Lipinski definition) is 3. The molecule has 1 amide bonds. The van der Waals surface area contributed by atoms with Gasteiger partial charge in [-0.1, -0.05) is 35.9 Å². The lowest BCUT2D eigenvalue weighted by Crippen LogP contribution is -2.25. The number of halogens is 1. The predicted octanol–water partition coefficient (Wildman–Crippen LogP) is 3.36. The van der Waals surface area contributed by atoms with Gasteiger partial charge >= 0.3 is 0 Å². The number of rotatable bonds is 6. The number of fused-ring (bicyclic) bond motifs is 1. The molecule has 2 aromatic rings. The first-order chi connectivity index (χ1) is 11.2. The Hall–Kier alpha value is -2.20. The van der Waals surface area contributed by atoms with Crippen LogP contribution < -0.4 is 14.8 Å². The second kappa shape index (κ2) is 7.38. The van der Waals surface area contributed by atoms with E-state index in [1.54, 1.807) is 0 Å². The third-order valence-electron chi connectivity index (χ3n) is 3.75. The average molecular weight is 332 g/mol. The van der Waals surface area contributed by atoms with Crippen molar-refractivity contribution < 1.29 is 14.3 Å². The van der Waals surface area contributed by atoms with Crippen molar-refractivity contribution in [2.45, 2.75) is 19.3 Å². The van der Waals surface area contributed by atoms with Gasteiger partial charge in [-0.3, -0.25) is 4.79 Å². The Bertz CT molecular complexity index is 702. The van der Waals surface area contributed by atoms with Crippen LogP contribution in [-0.2, 0) is 17.6 Å². The Kier molecular flexibility index (Phi) is 5.03. The summed E-state index contributed by atoms with van der Waals surface area (Å²) >= 11 is 6.08. The van der Waals surface area contributed by atoms with E-state index in [-0.39, 0.29) is 12.7 Å². The number of aryl methyl sites for hydroxylation is 1. The van der Waals surface area contributed by atoms with Gasteiger partial charge in [-0.05, 0) is 42.2 Å². The highest BCUT2D eigenvalue weighted by Gasteiger charge is 2.13. The van der Waals surface area contributed by atoms with E-state index in [2.05, 4.69) is 5.32 Å². The smallest absolute Gasteiger partial charge is 0.231 e. The van der Waals surface area contributed by atoms with Crippen molar-refractivity contribution in [1.29, 1.82) is 0 Å². The first-order valence-electron chi connectivity index (χ1n) is 7.61. The van der Waals surface area contributed by atoms with Crippen molar-refractivity contribution >= 4 is 17.5 Å². The number of amides is 1. The zero-order chi connectivity index (χ0) is 16.1. The normalized spacial score (nSPS) is 12.2. The summed E-state index contributed by atoms with van der Waals surface area (Å²) in [7, 11) is 0. The SMILES string of the molecule is O=C(CCc1ccccc1Cl)NCCc1ccc2c(c1)OCO2. The summed E-state index contributed by atoms with van der Waals surface area (Å²) < 4.78 is 10.6. The van der Waals surface area contributed by atoms with Crippen LogP contribution in [0.5, 0.6) is 11.5 Å². The van der Waals surface area contributed by atoms with Crippen LogP contribution in [-0.4, -0.2) is 19.2 Å². The van der Waals surface area contributed by atoms with Crippen molar-refractivity contribution in [1.82, 2.24) is 5.32 Å². The molecule has 0 radical (unpaired) electrons. The monoisotopic (exact) mass is 331 g/mol. The molecule has 0 spiro atoms. The third kappa shape index (κ3) is 4.17. The summed E-state index contributed by atoms with van der Waals surface area (Å²) in [5, 5.41) is 3.64. The Morgan fingerprint density at radius 2 is 1.91 bits per heavy atom. The van der Waals surface area contributed by atoms with Gasteiger partial charge in [0.15, 0.2) is 11.5 Å². The standard InChI is InChI=1S/C18H18ClNO3/c19-15-4-2-1-3-14(15)6-8-18(21)20-10-9-13-5-7-16-17(11-13)23-12-22-16/h1-5,7,11H,6,8-10,12H2,(H,20,21). The highest BCUT2D eigenvalue weighted by Crippen LogP contribution is 2.32. The van der Waals surface area contributed by atoms with Crippen LogP contribution in [0.4, 0.5) is 0 Å². The van der Waals surface area contributed by atoms with Crippen LogP contribution in [0.25, 0.3) is 0 Å². The summed E-state index contributed by atoms with van der Waals surface area (Å²) in [6.45, 7) is 0.874. The van der Waals surface area contributed by atoms with Crippen molar-refractivity contribution in [3.63, 3.8) is 0 Å². The summed E-state index contributed by atoms with van der Waals surface area (Å²) in [5.41, 5.74) is 2.11. The fourth-order valence-corrected chi connectivity index (χ4v) is 2.71. The second-order valence-corrected chi connectivity index (χ2v) is 5.79. The molecule has 0 fully saturated rings. The van der Waals surface area contributed by atoms with Gasteiger partial charge in [0.2, 0.25) is 12.7 Å². The first kappa shape index (κ1) is 15.7. The zero-order valence-corrected chi connectivity index (χ0v) is 13.4. The summed E-state index contributed by atoms with van der Waals surface area (Å²) in [4.78, 5) is 11.9. The van der Waals surface area contributed by atoms with Crippen molar-refractivity contribution in [3.05, 3.63) is 58.6 Å². The van der Waals surface area contributed by atoms with E-state index in [0.717, 1.165) is 29.0 Å². The van der Waals surface area contributed by atoms with Crippen LogP contribution in [0.3, 0.4) is 0 Å². The molecular formula is C18H18ClNO3. The minimum Gasteiger partial charge on any atom is -0.454 e. The van der Waals surface area contributed by atoms with Crippen LogP contribution in [0.15, 0.2) is 42.5 Å². The van der Waals surface area contributed by atoms with Gasteiger partial charge < -0.3 is 14.8 Å². The van der Waals surface area contributed by atoms with Gasteiger partial charge in [-0.2, -0.15) is 0 Å². The van der Waals surface area contributed by atoms with E-state index in [1.165, 1.54) is 0 Å². The fourth-order valence-electron chi connectivity index (χ4n) is 2.48. The molecule has 1 N–H and O–H groups in total. The predicted molar refractivity (Wildman–Crippen MR) is 89.1 cm³/mol. The van der Waals surface area contributed by atoms with Crippen molar-refractivity contribution in [2.75, 3.05) is 13.3 Å². The van der Waals surface area contributed by atoms with Crippen LogP contribution in [0, 0.1) is 0 Å². The van der Waals surface area contributed by atoms with Crippen LogP contribution in [0.1, 0.15) is 17.5 Å². The summed E-state index contributed by atoms with van der Waals surface area (Å²) in [5.74, 6) is 1.58. The highest BCUT2D eigenvalue weighted by atomic mass is 35.5. The molecule has 1 aliphatic rings. The van der Waals surface area contributed by atoms with Crippen molar-refractivity contribution in [2.24, 2.45) is 0 Å². The van der Waals surface area contributed by atoms with E-state index in [1.807, 2.05) is 42.5 Å². The molecule has 0 unspecified atom stereocenters. The van der Waals surface area contributed by atoms with E-state index in [4.69, 9.17) is 21.1 Å². The number of nitrogens with one attached hydrogen (secondary N) is 1. The summed E-state index contributed by atoms with van der Waals surface area (Å²) in [6, 6.07) is 13.4. The molecular weight excluding hydrogens is 314 g/mol. The van der Waals surface area contributed by atoms with E-state index < -0.39 is 0 Å². The molecule has 1 aliphatic heterocycles. The number of hydrogen-bond donors (Lipinski definition) is 1. The molecule has 0 saturated carbocycles. The van der Waals surface area contributed by atoms with E-state index in [0.29, 0.717) is 24.4 Å². The summed E-state index contributed by atoms with van der Waals surface area (Å²) in [6.07, 6.45) is 1.84. The quantitative estimate of drug-likeness (QED) is 0.883. The highest BCUT2D eigenvalue weighted by molar-refractivity contribution is 6.31. The molecule has 3 rings (SSSR count). The number of carbonyl (C=O) groups excluding carboxylic acids is 1. The lowest BCUT2D eigenvalue weighted by molar-refractivity contribution is -0.121. The first-order valence-corrected chi connectivity index (χ1v) is 7.99. The average Bonchev–Trinajstić information content (AvgIpc) is 3.02. The third-order valence-corrected chi connectivity index (χ3v) is 4.12. The van der Waals surface area contributed by atoms with Gasteiger partial charge in [-0.25, -0.2) is 0 Å². The molecule has 2 aromatic carbocycles. The maximum atomic E-state index is 11.9. The van der Waals surface area contributed by atoms with Crippen LogP contribution >= 0.6 is 11.6 Å². The van der Waals surface area contributed by atoms with Gasteiger partial charge in [0, 0.05) is 18.0 Å². The molecule has 0 aliphatic carbocycles. The maximum absolute atomic E-state index is 11.9. The van der Waals surface area contributed by atoms with Gasteiger partial charge in [0.25, 0.3) is 0 Å². The largest absolute Gasteiger partial charge is 0.454 e. The Balaban J connectivity index is 1.42. The lowest BCUT2D eigenvalue weighted by atomic mass is 10.1. The minimum absolute atomic E-state index is 0.0330. The molecule has 0 saturated heterocycles. The van der Waals surface area contributed by atoms with Crippen molar-refractivity contribution in [3.8, 4) is 11.5 Å². The number of carbonyl (C=O) groups is 1.